The van der Waals surface area contributed by atoms with E-state index in [0.29, 0.717) is 42.6 Å². The lowest BCUT2D eigenvalue weighted by atomic mass is 9.96. The molecule has 21 heavy (non-hydrogen) atoms. The van der Waals surface area contributed by atoms with Crippen LogP contribution in [0.4, 0.5) is 4.39 Å². The molecule has 1 aromatic rings. The smallest absolute Gasteiger partial charge is 0.309 e. The monoisotopic (exact) mass is 357 g/mol. The van der Waals surface area contributed by atoms with Gasteiger partial charge in [-0.05, 0) is 53.9 Å². The van der Waals surface area contributed by atoms with Crippen LogP contribution in [-0.4, -0.2) is 36.5 Å². The zero-order chi connectivity index (χ0) is 15.4. The Morgan fingerprint density at radius 3 is 2.62 bits per heavy atom. The topological polar surface area (TPSA) is 46.6 Å². The highest BCUT2D eigenvalue weighted by Crippen LogP contribution is 2.24. The molecule has 0 spiro atoms. The number of amides is 1. The highest BCUT2D eigenvalue weighted by atomic mass is 79.9. The number of hydrogen-bond acceptors (Lipinski definition) is 3. The second kappa shape index (κ2) is 7.02. The lowest BCUT2D eigenvalue weighted by Gasteiger charge is -2.31. The third-order valence-electron chi connectivity index (χ3n) is 3.56. The molecule has 1 aliphatic rings. The molecule has 1 amide bonds. The molecule has 4 nitrogen and oxygen atoms in total. The number of carbonyl (C=O) groups is 2. The van der Waals surface area contributed by atoms with Crippen LogP contribution in [0.25, 0.3) is 0 Å². The zero-order valence-electron chi connectivity index (χ0n) is 11.8. The summed E-state index contributed by atoms with van der Waals surface area (Å²) in [6.45, 7) is 3.17. The molecule has 2 rings (SSSR count). The maximum Gasteiger partial charge on any atom is 0.309 e. The number of rotatable bonds is 3. The average Bonchev–Trinajstić information content (AvgIpc) is 2.47. The third-order valence-corrected chi connectivity index (χ3v) is 4.22. The average molecular weight is 358 g/mol. The molecule has 0 radical (unpaired) electrons. The molecule has 1 saturated heterocycles. The van der Waals surface area contributed by atoms with Crippen LogP contribution < -0.4 is 0 Å². The number of esters is 1. The highest BCUT2D eigenvalue weighted by molar-refractivity contribution is 9.10. The van der Waals surface area contributed by atoms with Gasteiger partial charge in [0.1, 0.15) is 5.82 Å². The largest absolute Gasteiger partial charge is 0.466 e. The van der Waals surface area contributed by atoms with E-state index in [-0.39, 0.29) is 23.6 Å². The van der Waals surface area contributed by atoms with Gasteiger partial charge in [-0.1, -0.05) is 0 Å². The Bertz CT molecular complexity index is 542. The summed E-state index contributed by atoms with van der Waals surface area (Å²) in [7, 11) is 0. The fourth-order valence-electron chi connectivity index (χ4n) is 2.41. The number of piperidine rings is 1. The van der Waals surface area contributed by atoms with Crippen molar-refractivity contribution in [1.29, 1.82) is 0 Å². The van der Waals surface area contributed by atoms with Crippen molar-refractivity contribution in [3.63, 3.8) is 0 Å². The van der Waals surface area contributed by atoms with Gasteiger partial charge in [-0.2, -0.15) is 0 Å². The number of nitrogens with zero attached hydrogens (tertiary/aromatic N) is 1. The summed E-state index contributed by atoms with van der Waals surface area (Å²) in [5, 5.41) is 0. The first kappa shape index (κ1) is 15.9. The molecule has 1 aromatic carbocycles. The van der Waals surface area contributed by atoms with Crippen molar-refractivity contribution >= 4 is 27.8 Å². The minimum atomic E-state index is -0.389. The zero-order valence-corrected chi connectivity index (χ0v) is 13.4. The van der Waals surface area contributed by atoms with Crippen molar-refractivity contribution < 1.29 is 18.7 Å². The molecular weight excluding hydrogens is 341 g/mol. The Labute approximate surface area is 131 Å². The molecule has 0 saturated carbocycles. The van der Waals surface area contributed by atoms with E-state index in [4.69, 9.17) is 4.74 Å². The van der Waals surface area contributed by atoms with Gasteiger partial charge in [0.15, 0.2) is 0 Å². The van der Waals surface area contributed by atoms with E-state index in [1.807, 2.05) is 0 Å². The third kappa shape index (κ3) is 3.81. The summed E-state index contributed by atoms with van der Waals surface area (Å²) in [6, 6.07) is 4.02. The molecule has 0 aliphatic carbocycles. The molecule has 6 heteroatoms. The Kier molecular flexibility index (Phi) is 5.33. The second-order valence-electron chi connectivity index (χ2n) is 4.94. The number of benzene rings is 1. The number of halogens is 2. The number of carbonyl (C=O) groups excluding carboxylic acids is 2. The van der Waals surface area contributed by atoms with Gasteiger partial charge in [0.25, 0.3) is 5.91 Å². The summed E-state index contributed by atoms with van der Waals surface area (Å²) in [6.07, 6.45) is 1.20. The Hall–Kier alpha value is -1.43. The maximum atomic E-state index is 13.1. The first-order valence-electron chi connectivity index (χ1n) is 6.94. The maximum absolute atomic E-state index is 13.1. The van der Waals surface area contributed by atoms with Gasteiger partial charge < -0.3 is 9.64 Å². The fourth-order valence-corrected chi connectivity index (χ4v) is 2.93. The summed E-state index contributed by atoms with van der Waals surface area (Å²) in [5.41, 5.74) is 0.436. The van der Waals surface area contributed by atoms with Crippen LogP contribution in [0, 0.1) is 11.7 Å². The van der Waals surface area contributed by atoms with E-state index in [9.17, 15) is 14.0 Å². The minimum absolute atomic E-state index is 0.134. The second-order valence-corrected chi connectivity index (χ2v) is 5.80. The van der Waals surface area contributed by atoms with E-state index >= 15 is 0 Å². The molecule has 0 atom stereocenters. The number of likely N-dealkylation sites (tertiary alicyclic amines) is 1. The van der Waals surface area contributed by atoms with Gasteiger partial charge in [-0.15, -0.1) is 0 Å². The lowest BCUT2D eigenvalue weighted by Crippen LogP contribution is -2.40. The number of ether oxygens (including phenoxy) is 1. The summed E-state index contributed by atoms with van der Waals surface area (Å²) >= 11 is 3.21. The molecule has 0 aromatic heterocycles. The Morgan fingerprint density at radius 2 is 2.05 bits per heavy atom. The van der Waals surface area contributed by atoms with Crippen LogP contribution in [0.15, 0.2) is 22.7 Å². The molecule has 0 bridgehead atoms. The van der Waals surface area contributed by atoms with Crippen LogP contribution in [0.2, 0.25) is 0 Å². The molecule has 1 aliphatic heterocycles. The van der Waals surface area contributed by atoms with E-state index < -0.39 is 0 Å². The van der Waals surface area contributed by atoms with E-state index in [1.165, 1.54) is 18.2 Å². The molecule has 114 valence electrons. The van der Waals surface area contributed by atoms with E-state index in [2.05, 4.69) is 15.9 Å². The van der Waals surface area contributed by atoms with Crippen molar-refractivity contribution in [2.45, 2.75) is 19.8 Å². The lowest BCUT2D eigenvalue weighted by molar-refractivity contribution is -0.149. The van der Waals surface area contributed by atoms with E-state index in [1.54, 1.807) is 11.8 Å². The molecule has 1 heterocycles. The first-order valence-corrected chi connectivity index (χ1v) is 7.73. The molecule has 1 fully saturated rings. The van der Waals surface area contributed by atoms with Gasteiger partial charge in [-0.25, -0.2) is 4.39 Å². The Balaban J connectivity index is 1.98. The van der Waals surface area contributed by atoms with Crippen molar-refractivity contribution in [3.05, 3.63) is 34.1 Å². The standard InChI is InChI=1S/C15H17BrFNO3/c1-2-21-15(20)10-5-7-18(8-6-10)14(19)12-4-3-11(17)9-13(12)16/h3-4,9-10H,2,5-8H2,1H3. The van der Waals surface area contributed by atoms with Gasteiger partial charge in [0.05, 0.1) is 18.1 Å². The molecule has 0 N–H and O–H groups in total. The van der Waals surface area contributed by atoms with Crippen LogP contribution >= 0.6 is 15.9 Å². The number of hydrogen-bond donors (Lipinski definition) is 0. The van der Waals surface area contributed by atoms with Crippen molar-refractivity contribution in [3.8, 4) is 0 Å². The fraction of sp³-hybridized carbons (Fsp3) is 0.467. The van der Waals surface area contributed by atoms with Crippen molar-refractivity contribution in [2.24, 2.45) is 5.92 Å². The summed E-state index contributed by atoms with van der Waals surface area (Å²) in [5.74, 6) is -0.859. The van der Waals surface area contributed by atoms with Gasteiger partial charge in [0.2, 0.25) is 0 Å². The molecule has 0 unspecified atom stereocenters. The van der Waals surface area contributed by atoms with Crippen LogP contribution in [-0.2, 0) is 9.53 Å². The van der Waals surface area contributed by atoms with Crippen molar-refractivity contribution in [1.82, 2.24) is 4.90 Å². The van der Waals surface area contributed by atoms with Crippen LogP contribution in [0.5, 0.6) is 0 Å². The Morgan fingerprint density at radius 1 is 1.38 bits per heavy atom. The SMILES string of the molecule is CCOC(=O)C1CCN(C(=O)c2ccc(F)cc2Br)CC1. The van der Waals surface area contributed by atoms with Crippen LogP contribution in [0.1, 0.15) is 30.1 Å². The first-order chi connectivity index (χ1) is 10.0. The quantitative estimate of drug-likeness (QED) is 0.781. The van der Waals surface area contributed by atoms with Gasteiger partial charge in [0, 0.05) is 17.6 Å². The summed E-state index contributed by atoms with van der Waals surface area (Å²) < 4.78 is 18.5. The van der Waals surface area contributed by atoms with Gasteiger partial charge >= 0.3 is 5.97 Å². The van der Waals surface area contributed by atoms with E-state index in [0.717, 1.165) is 0 Å². The predicted octanol–water partition coefficient (Wildman–Crippen LogP) is 3.00. The molecular formula is C15H17BrFNO3. The predicted molar refractivity (Wildman–Crippen MR) is 79.4 cm³/mol. The van der Waals surface area contributed by atoms with Crippen molar-refractivity contribution in [2.75, 3.05) is 19.7 Å². The highest BCUT2D eigenvalue weighted by Gasteiger charge is 2.29. The van der Waals surface area contributed by atoms with Gasteiger partial charge in [-0.3, -0.25) is 9.59 Å². The normalized spacial score (nSPS) is 15.9. The summed E-state index contributed by atoms with van der Waals surface area (Å²) in [4.78, 5) is 25.7. The minimum Gasteiger partial charge on any atom is -0.466 e. The van der Waals surface area contributed by atoms with Crippen LogP contribution in [0.3, 0.4) is 0 Å².